The Balaban J connectivity index is 1.87. The molecule has 0 radical (unpaired) electrons. The Bertz CT molecular complexity index is 1170. The number of fused-ring (bicyclic) bond motifs is 3. The number of ether oxygens (including phenoxy) is 1. The van der Waals surface area contributed by atoms with Gasteiger partial charge in [0.05, 0.1) is 18.4 Å². The van der Waals surface area contributed by atoms with Crippen molar-refractivity contribution in [2.24, 2.45) is 11.8 Å². The van der Waals surface area contributed by atoms with Crippen LogP contribution in [0.3, 0.4) is 0 Å². The molecule has 1 saturated carbocycles. The molecule has 1 amide bonds. The molecule has 1 fully saturated rings. The van der Waals surface area contributed by atoms with E-state index in [0.29, 0.717) is 22.8 Å². The van der Waals surface area contributed by atoms with E-state index in [1.54, 1.807) is 22.7 Å². The number of hydrogen-bond donors (Lipinski definition) is 0. The van der Waals surface area contributed by atoms with Crippen molar-refractivity contribution >= 4 is 51.3 Å². The van der Waals surface area contributed by atoms with Crippen LogP contribution < -0.4 is 4.90 Å². The molecule has 0 spiro atoms. The van der Waals surface area contributed by atoms with Crippen molar-refractivity contribution in [2.75, 3.05) is 18.3 Å². The summed E-state index contributed by atoms with van der Waals surface area (Å²) in [6.07, 6.45) is 6.00. The number of methoxy groups -OCH3 is 1. The highest BCUT2D eigenvalue weighted by atomic mass is 32.2. The van der Waals surface area contributed by atoms with Crippen LogP contribution in [0.15, 0.2) is 34.7 Å². The Kier molecular flexibility index (Phi) is 7.03. The summed E-state index contributed by atoms with van der Waals surface area (Å²) < 4.78 is 11.2. The van der Waals surface area contributed by atoms with Gasteiger partial charge in [0.2, 0.25) is 5.91 Å². The number of furan rings is 1. The highest BCUT2D eigenvalue weighted by Gasteiger charge is 2.33. The van der Waals surface area contributed by atoms with Gasteiger partial charge in [-0.25, -0.2) is 4.79 Å². The summed E-state index contributed by atoms with van der Waals surface area (Å²) >= 11 is 1.77. The number of carbonyl (C=O) groups is 2. The van der Waals surface area contributed by atoms with E-state index in [1.807, 2.05) is 26.0 Å². The van der Waals surface area contributed by atoms with Gasteiger partial charge < -0.3 is 14.1 Å². The molecule has 0 aliphatic heterocycles. The average molecular weight is 468 g/mol. The van der Waals surface area contributed by atoms with Gasteiger partial charge in [-0.3, -0.25) is 4.79 Å². The summed E-state index contributed by atoms with van der Waals surface area (Å²) in [7, 11) is 1.37. The number of carbonyl (C=O) groups excluding carboxylic acids is 2. The molecule has 1 aliphatic rings. The second kappa shape index (κ2) is 9.80. The molecular formula is C27H33NO4S. The summed E-state index contributed by atoms with van der Waals surface area (Å²) in [5.41, 5.74) is 3.57. The largest absolute Gasteiger partial charge is 0.465 e. The Hall–Kier alpha value is -2.47. The summed E-state index contributed by atoms with van der Waals surface area (Å²) in [5, 5.41) is 1.91. The molecule has 0 N–H and O–H groups in total. The van der Waals surface area contributed by atoms with Crippen LogP contribution in [0.1, 0.15) is 62.4 Å². The monoisotopic (exact) mass is 467 g/mol. The normalized spacial score (nSPS) is 18.7. The minimum absolute atomic E-state index is 0.0148. The zero-order valence-corrected chi connectivity index (χ0v) is 21.0. The maximum absolute atomic E-state index is 13.7. The number of nitrogens with zero attached hydrogens (tertiary/aromatic N) is 1. The molecule has 0 unspecified atom stereocenters. The molecule has 5 nitrogen and oxygen atoms in total. The number of rotatable bonds is 6. The van der Waals surface area contributed by atoms with E-state index in [1.165, 1.54) is 12.7 Å². The summed E-state index contributed by atoms with van der Waals surface area (Å²) in [6, 6.07) is 9.77. The van der Waals surface area contributed by atoms with Crippen molar-refractivity contribution in [3.8, 4) is 0 Å². The molecule has 1 heterocycles. The van der Waals surface area contributed by atoms with Gasteiger partial charge in [0.1, 0.15) is 11.2 Å². The van der Waals surface area contributed by atoms with Gasteiger partial charge in [-0.05, 0) is 81.5 Å². The molecule has 0 atom stereocenters. The van der Waals surface area contributed by atoms with Gasteiger partial charge in [0.25, 0.3) is 0 Å². The molecule has 1 aliphatic carbocycles. The van der Waals surface area contributed by atoms with Crippen LogP contribution >= 0.6 is 11.8 Å². The van der Waals surface area contributed by atoms with E-state index in [-0.39, 0.29) is 17.9 Å². The lowest BCUT2D eigenvalue weighted by molar-refractivity contribution is -0.123. The quantitative estimate of drug-likeness (QED) is 0.373. The standard InChI is InChI=1S/C27H33NO4S/c1-16(2)28(26(29)19-9-6-17(3)7-10-19)23-13-21-20-12-18(15-33-5)8-11-24(20)32-25(21)14-22(23)27(30)31-4/h8,11-14,16-17,19H,6-7,9-10,15H2,1-5H3/t17-,19-. The van der Waals surface area contributed by atoms with E-state index in [4.69, 9.17) is 9.15 Å². The fourth-order valence-corrected chi connectivity index (χ4v) is 5.46. The predicted molar refractivity (Wildman–Crippen MR) is 136 cm³/mol. The molecule has 33 heavy (non-hydrogen) atoms. The smallest absolute Gasteiger partial charge is 0.340 e. The third kappa shape index (κ3) is 4.63. The summed E-state index contributed by atoms with van der Waals surface area (Å²) in [5.74, 6) is 1.19. The van der Waals surface area contributed by atoms with E-state index >= 15 is 0 Å². The van der Waals surface area contributed by atoms with Crippen molar-refractivity contribution in [3.05, 3.63) is 41.5 Å². The number of esters is 1. The van der Waals surface area contributed by atoms with Crippen molar-refractivity contribution < 1.29 is 18.7 Å². The van der Waals surface area contributed by atoms with Crippen LogP contribution in [-0.2, 0) is 15.3 Å². The lowest BCUT2D eigenvalue weighted by atomic mass is 9.82. The molecule has 176 valence electrons. The van der Waals surface area contributed by atoms with Gasteiger partial charge in [-0.2, -0.15) is 11.8 Å². The highest BCUT2D eigenvalue weighted by molar-refractivity contribution is 7.97. The Labute approximate surface area is 199 Å². The average Bonchev–Trinajstić information content (AvgIpc) is 3.15. The van der Waals surface area contributed by atoms with Gasteiger partial charge in [-0.15, -0.1) is 0 Å². The maximum Gasteiger partial charge on any atom is 0.340 e. The van der Waals surface area contributed by atoms with E-state index in [9.17, 15) is 9.59 Å². The fraction of sp³-hybridized carbons (Fsp3) is 0.481. The minimum atomic E-state index is -0.467. The van der Waals surface area contributed by atoms with Gasteiger partial charge in [0, 0.05) is 28.5 Å². The first-order chi connectivity index (χ1) is 15.8. The predicted octanol–water partition coefficient (Wildman–Crippen LogP) is 6.80. The maximum atomic E-state index is 13.7. The van der Waals surface area contributed by atoms with E-state index in [0.717, 1.165) is 47.8 Å². The number of benzene rings is 2. The van der Waals surface area contributed by atoms with Crippen molar-refractivity contribution in [1.82, 2.24) is 0 Å². The van der Waals surface area contributed by atoms with E-state index < -0.39 is 5.97 Å². The van der Waals surface area contributed by atoms with Crippen LogP contribution in [0, 0.1) is 11.8 Å². The number of anilines is 1. The Morgan fingerprint density at radius 3 is 2.42 bits per heavy atom. The topological polar surface area (TPSA) is 59.8 Å². The van der Waals surface area contributed by atoms with Crippen LogP contribution in [-0.4, -0.2) is 31.3 Å². The minimum Gasteiger partial charge on any atom is -0.465 e. The first-order valence-electron chi connectivity index (χ1n) is 11.7. The molecule has 2 aromatic carbocycles. The highest BCUT2D eigenvalue weighted by Crippen LogP contribution is 2.38. The van der Waals surface area contributed by atoms with Gasteiger partial charge in [-0.1, -0.05) is 13.0 Å². The van der Waals surface area contributed by atoms with Crippen molar-refractivity contribution in [3.63, 3.8) is 0 Å². The van der Waals surface area contributed by atoms with E-state index in [2.05, 4.69) is 25.3 Å². The number of hydrogen-bond acceptors (Lipinski definition) is 5. The summed E-state index contributed by atoms with van der Waals surface area (Å²) in [4.78, 5) is 28.3. The van der Waals surface area contributed by atoms with Crippen molar-refractivity contribution in [1.29, 1.82) is 0 Å². The zero-order chi connectivity index (χ0) is 23.7. The Morgan fingerprint density at radius 1 is 1.09 bits per heavy atom. The first-order valence-corrected chi connectivity index (χ1v) is 13.1. The van der Waals surface area contributed by atoms with Crippen LogP contribution in [0.5, 0.6) is 0 Å². The summed E-state index contributed by atoms with van der Waals surface area (Å²) in [6.45, 7) is 6.25. The molecule has 3 aromatic rings. The number of thioether (sulfide) groups is 1. The van der Waals surface area contributed by atoms with Crippen molar-refractivity contribution in [2.45, 2.75) is 58.2 Å². The van der Waals surface area contributed by atoms with Crippen LogP contribution in [0.2, 0.25) is 0 Å². The van der Waals surface area contributed by atoms with Crippen LogP contribution in [0.25, 0.3) is 21.9 Å². The lowest BCUT2D eigenvalue weighted by Crippen LogP contribution is -2.43. The van der Waals surface area contributed by atoms with Gasteiger partial charge >= 0.3 is 5.97 Å². The number of amides is 1. The zero-order valence-electron chi connectivity index (χ0n) is 20.1. The SMILES string of the molecule is COC(=O)c1cc2oc3ccc(CSC)cc3c2cc1N(C(=O)[C@H]1CC[C@H](C)CC1)C(C)C. The molecular weight excluding hydrogens is 434 g/mol. The first kappa shape index (κ1) is 23.7. The second-order valence-corrected chi connectivity index (χ2v) is 10.3. The lowest BCUT2D eigenvalue weighted by Gasteiger charge is -2.34. The third-order valence-electron chi connectivity index (χ3n) is 6.75. The fourth-order valence-electron chi connectivity index (χ4n) is 4.94. The molecule has 1 aromatic heterocycles. The molecule has 0 saturated heterocycles. The molecule has 6 heteroatoms. The third-order valence-corrected chi connectivity index (χ3v) is 7.37. The molecule has 0 bridgehead atoms. The second-order valence-electron chi connectivity index (χ2n) is 9.48. The Morgan fingerprint density at radius 2 is 1.79 bits per heavy atom. The molecule has 4 rings (SSSR count). The van der Waals surface area contributed by atoms with Crippen LogP contribution in [0.4, 0.5) is 5.69 Å². The van der Waals surface area contributed by atoms with Gasteiger partial charge in [0.15, 0.2) is 0 Å².